The fourth-order valence-electron chi connectivity index (χ4n) is 1.72. The first-order chi connectivity index (χ1) is 8.63. The molecule has 0 spiro atoms. The molecule has 0 saturated heterocycles. The number of aromatic nitrogens is 2. The Hall–Kier alpha value is -2.43. The van der Waals surface area contributed by atoms with E-state index < -0.39 is 5.91 Å². The second-order valence-corrected chi connectivity index (χ2v) is 3.82. The van der Waals surface area contributed by atoms with Crippen molar-refractivity contribution in [3.05, 3.63) is 41.6 Å². The number of benzene rings is 1. The number of nitrogens with zero attached hydrogens (tertiary/aromatic N) is 2. The third-order valence-corrected chi connectivity index (χ3v) is 2.73. The fourth-order valence-corrected chi connectivity index (χ4v) is 1.72. The minimum absolute atomic E-state index is 0.385. The molecule has 18 heavy (non-hydrogen) atoms. The molecule has 2 aromatic rings. The summed E-state index contributed by atoms with van der Waals surface area (Å²) in [6, 6.07) is 7.38. The Morgan fingerprint density at radius 2 is 1.94 bits per heavy atom. The number of nitrogens with two attached hydrogens (primary N) is 1. The molecule has 0 bridgehead atoms. The van der Waals surface area contributed by atoms with E-state index in [4.69, 9.17) is 10.5 Å². The summed E-state index contributed by atoms with van der Waals surface area (Å²) in [6.45, 7) is 1.80. The van der Waals surface area contributed by atoms with Crippen molar-refractivity contribution in [3.8, 4) is 17.0 Å². The standard InChI is InChI=1S/C13H13N3O2/c1-8-11(13(14)17)7-15-16-12(8)9-3-5-10(18-2)6-4-9/h3-7H,1-2H3,(H2,14,17). The molecule has 0 unspecified atom stereocenters. The van der Waals surface area contributed by atoms with Gasteiger partial charge in [0.05, 0.1) is 24.6 Å². The molecule has 1 heterocycles. The SMILES string of the molecule is COc1ccc(-c2nncc(C(N)=O)c2C)cc1. The highest BCUT2D eigenvalue weighted by atomic mass is 16.5. The van der Waals surface area contributed by atoms with Crippen molar-refractivity contribution < 1.29 is 9.53 Å². The van der Waals surface area contributed by atoms with Gasteiger partial charge in [0.1, 0.15) is 5.75 Å². The molecule has 0 radical (unpaired) electrons. The van der Waals surface area contributed by atoms with E-state index in [1.165, 1.54) is 6.20 Å². The molecular formula is C13H13N3O2. The van der Waals surface area contributed by atoms with Gasteiger partial charge in [0.15, 0.2) is 0 Å². The summed E-state index contributed by atoms with van der Waals surface area (Å²) in [7, 11) is 1.60. The Balaban J connectivity index is 2.50. The van der Waals surface area contributed by atoms with Crippen LogP contribution in [0.15, 0.2) is 30.5 Å². The summed E-state index contributed by atoms with van der Waals surface area (Å²) in [6.07, 6.45) is 1.38. The molecule has 0 aliphatic carbocycles. The minimum Gasteiger partial charge on any atom is -0.497 e. The number of hydrogen-bond acceptors (Lipinski definition) is 4. The lowest BCUT2D eigenvalue weighted by atomic mass is 10.0. The van der Waals surface area contributed by atoms with E-state index in [1.807, 2.05) is 24.3 Å². The average Bonchev–Trinajstić information content (AvgIpc) is 2.39. The van der Waals surface area contributed by atoms with Crippen LogP contribution in [0.4, 0.5) is 0 Å². The predicted molar refractivity (Wildman–Crippen MR) is 67.3 cm³/mol. The number of primary amides is 1. The third kappa shape index (κ3) is 2.15. The largest absolute Gasteiger partial charge is 0.497 e. The molecule has 1 amide bonds. The summed E-state index contributed by atoms with van der Waals surface area (Å²) < 4.78 is 5.09. The van der Waals surface area contributed by atoms with E-state index >= 15 is 0 Å². The van der Waals surface area contributed by atoms with Crippen LogP contribution in [0.2, 0.25) is 0 Å². The molecule has 0 fully saturated rings. The zero-order valence-electron chi connectivity index (χ0n) is 10.2. The van der Waals surface area contributed by atoms with Gasteiger partial charge in [-0.15, -0.1) is 0 Å². The van der Waals surface area contributed by atoms with Crippen molar-refractivity contribution in [1.29, 1.82) is 0 Å². The van der Waals surface area contributed by atoms with Crippen LogP contribution in [-0.4, -0.2) is 23.2 Å². The van der Waals surface area contributed by atoms with E-state index in [9.17, 15) is 4.79 Å². The van der Waals surface area contributed by atoms with E-state index in [1.54, 1.807) is 14.0 Å². The Kier molecular flexibility index (Phi) is 3.23. The molecule has 1 aromatic heterocycles. The number of carbonyl (C=O) groups excluding carboxylic acids is 1. The lowest BCUT2D eigenvalue weighted by molar-refractivity contribution is 0.0999. The zero-order chi connectivity index (χ0) is 13.1. The molecule has 5 nitrogen and oxygen atoms in total. The van der Waals surface area contributed by atoms with Gasteiger partial charge in [-0.1, -0.05) is 0 Å². The number of rotatable bonds is 3. The second-order valence-electron chi connectivity index (χ2n) is 3.82. The number of methoxy groups -OCH3 is 1. The first kappa shape index (κ1) is 12.0. The lowest BCUT2D eigenvalue weighted by Gasteiger charge is -2.07. The summed E-state index contributed by atoms with van der Waals surface area (Å²) in [5.74, 6) is 0.257. The molecule has 1 aromatic carbocycles. The molecular weight excluding hydrogens is 230 g/mol. The van der Waals surface area contributed by atoms with Gasteiger partial charge in [-0.05, 0) is 36.8 Å². The summed E-state index contributed by atoms with van der Waals surface area (Å²) in [4.78, 5) is 11.2. The van der Waals surface area contributed by atoms with Crippen molar-refractivity contribution in [2.24, 2.45) is 5.73 Å². The van der Waals surface area contributed by atoms with Gasteiger partial charge in [-0.25, -0.2) is 0 Å². The van der Waals surface area contributed by atoms with Crippen molar-refractivity contribution in [2.45, 2.75) is 6.92 Å². The second kappa shape index (κ2) is 4.83. The first-order valence-corrected chi connectivity index (χ1v) is 5.40. The van der Waals surface area contributed by atoms with Gasteiger partial charge in [-0.2, -0.15) is 10.2 Å². The van der Waals surface area contributed by atoms with E-state index in [-0.39, 0.29) is 0 Å². The van der Waals surface area contributed by atoms with Crippen LogP contribution in [0.25, 0.3) is 11.3 Å². The lowest BCUT2D eigenvalue weighted by Crippen LogP contribution is -2.14. The van der Waals surface area contributed by atoms with Crippen molar-refractivity contribution in [3.63, 3.8) is 0 Å². The Morgan fingerprint density at radius 1 is 1.28 bits per heavy atom. The number of hydrogen-bond donors (Lipinski definition) is 1. The van der Waals surface area contributed by atoms with Crippen LogP contribution in [-0.2, 0) is 0 Å². The van der Waals surface area contributed by atoms with Gasteiger partial charge in [0.2, 0.25) is 0 Å². The topological polar surface area (TPSA) is 78.1 Å². The maximum Gasteiger partial charge on any atom is 0.250 e. The highest BCUT2D eigenvalue weighted by Crippen LogP contribution is 2.24. The quantitative estimate of drug-likeness (QED) is 0.887. The number of ether oxygens (including phenoxy) is 1. The molecule has 0 saturated carbocycles. The molecule has 2 N–H and O–H groups in total. The maximum absolute atomic E-state index is 11.2. The van der Waals surface area contributed by atoms with E-state index in [0.717, 1.165) is 16.9 Å². The van der Waals surface area contributed by atoms with Crippen LogP contribution in [0.1, 0.15) is 15.9 Å². The molecule has 0 aliphatic rings. The van der Waals surface area contributed by atoms with Crippen molar-refractivity contribution >= 4 is 5.91 Å². The average molecular weight is 243 g/mol. The minimum atomic E-state index is -0.503. The van der Waals surface area contributed by atoms with Crippen molar-refractivity contribution in [1.82, 2.24) is 10.2 Å². The van der Waals surface area contributed by atoms with E-state index in [0.29, 0.717) is 11.3 Å². The Bertz CT molecular complexity index is 579. The summed E-state index contributed by atoms with van der Waals surface area (Å²) >= 11 is 0. The fraction of sp³-hybridized carbons (Fsp3) is 0.154. The van der Waals surface area contributed by atoms with E-state index in [2.05, 4.69) is 10.2 Å². The van der Waals surface area contributed by atoms with Crippen LogP contribution in [0.3, 0.4) is 0 Å². The highest BCUT2D eigenvalue weighted by molar-refractivity contribution is 5.95. The highest BCUT2D eigenvalue weighted by Gasteiger charge is 2.12. The van der Waals surface area contributed by atoms with Gasteiger partial charge in [0, 0.05) is 5.56 Å². The van der Waals surface area contributed by atoms with Gasteiger partial charge < -0.3 is 10.5 Å². The van der Waals surface area contributed by atoms with Gasteiger partial charge >= 0.3 is 0 Å². The van der Waals surface area contributed by atoms with Crippen LogP contribution >= 0.6 is 0 Å². The molecule has 5 heteroatoms. The number of amides is 1. The van der Waals surface area contributed by atoms with Crippen LogP contribution < -0.4 is 10.5 Å². The third-order valence-electron chi connectivity index (χ3n) is 2.73. The molecule has 2 rings (SSSR count). The summed E-state index contributed by atoms with van der Waals surface area (Å²) in [5, 5.41) is 7.85. The molecule has 0 atom stereocenters. The van der Waals surface area contributed by atoms with Gasteiger partial charge in [0.25, 0.3) is 5.91 Å². The Morgan fingerprint density at radius 3 is 2.50 bits per heavy atom. The van der Waals surface area contributed by atoms with Gasteiger partial charge in [-0.3, -0.25) is 4.79 Å². The number of carbonyl (C=O) groups is 1. The van der Waals surface area contributed by atoms with Crippen LogP contribution in [0.5, 0.6) is 5.75 Å². The zero-order valence-corrected chi connectivity index (χ0v) is 10.2. The predicted octanol–water partition coefficient (Wildman–Crippen LogP) is 1.56. The van der Waals surface area contributed by atoms with Crippen LogP contribution in [0, 0.1) is 6.92 Å². The smallest absolute Gasteiger partial charge is 0.250 e. The Labute approximate surface area is 105 Å². The monoisotopic (exact) mass is 243 g/mol. The summed E-state index contributed by atoms with van der Waals surface area (Å²) in [5.41, 5.74) is 7.90. The molecule has 0 aliphatic heterocycles. The molecule has 92 valence electrons. The maximum atomic E-state index is 11.2. The normalized spacial score (nSPS) is 10.1. The van der Waals surface area contributed by atoms with Crippen molar-refractivity contribution in [2.75, 3.05) is 7.11 Å². The first-order valence-electron chi connectivity index (χ1n) is 5.40.